The minimum Gasteiger partial charge on any atom is -0.481 e. The average molecular weight is 316 g/mol. The van der Waals surface area contributed by atoms with Crippen LogP contribution in [0.4, 0.5) is 0 Å². The minimum atomic E-state index is -0.854. The molecule has 108 valence electrons. The summed E-state index contributed by atoms with van der Waals surface area (Å²) in [5, 5.41) is 12.5. The molecule has 0 heterocycles. The standard InChI is InChI=1S/C14H15Cl2NO3/c15-10-5-3-4-9(11(10)16)12(18)17-8-14(13(19)20)6-1-2-7-14/h3-5H,1-2,6-8H2,(H,17,18)(H,19,20). The molecule has 2 N–H and O–H groups in total. The van der Waals surface area contributed by atoms with Gasteiger partial charge in [-0.3, -0.25) is 9.59 Å². The Balaban J connectivity index is 2.08. The van der Waals surface area contributed by atoms with Gasteiger partial charge in [0.1, 0.15) is 0 Å². The van der Waals surface area contributed by atoms with Crippen LogP contribution in [0.1, 0.15) is 36.0 Å². The minimum absolute atomic E-state index is 0.115. The Morgan fingerprint density at radius 2 is 1.90 bits per heavy atom. The molecule has 0 unspecified atom stereocenters. The van der Waals surface area contributed by atoms with Crippen molar-refractivity contribution in [1.29, 1.82) is 0 Å². The van der Waals surface area contributed by atoms with Gasteiger partial charge in [0.05, 0.1) is 21.0 Å². The third kappa shape index (κ3) is 2.91. The quantitative estimate of drug-likeness (QED) is 0.895. The Kier molecular flexibility index (Phi) is 4.55. The molecule has 1 aromatic rings. The van der Waals surface area contributed by atoms with Gasteiger partial charge in [-0.15, -0.1) is 0 Å². The SMILES string of the molecule is O=C(NCC1(C(=O)O)CCCC1)c1cccc(Cl)c1Cl. The van der Waals surface area contributed by atoms with Crippen molar-refractivity contribution in [3.05, 3.63) is 33.8 Å². The molecule has 0 saturated heterocycles. The summed E-state index contributed by atoms with van der Waals surface area (Å²) < 4.78 is 0. The maximum absolute atomic E-state index is 12.1. The van der Waals surface area contributed by atoms with E-state index in [1.54, 1.807) is 18.2 Å². The molecule has 4 nitrogen and oxygen atoms in total. The van der Waals surface area contributed by atoms with Crippen LogP contribution >= 0.6 is 23.2 Å². The fourth-order valence-electron chi connectivity index (χ4n) is 2.54. The van der Waals surface area contributed by atoms with E-state index < -0.39 is 17.3 Å². The Hall–Kier alpha value is -1.26. The first kappa shape index (κ1) is 15.1. The second-order valence-electron chi connectivity index (χ2n) is 5.08. The van der Waals surface area contributed by atoms with Crippen LogP contribution in [0.2, 0.25) is 10.0 Å². The van der Waals surface area contributed by atoms with Crippen LogP contribution in [-0.2, 0) is 4.79 Å². The lowest BCUT2D eigenvalue weighted by Crippen LogP contribution is -2.41. The summed E-state index contributed by atoms with van der Waals surface area (Å²) in [5.74, 6) is -1.25. The molecule has 0 atom stereocenters. The molecule has 0 aliphatic heterocycles. The molecule has 1 fully saturated rings. The summed E-state index contributed by atoms with van der Waals surface area (Å²) in [4.78, 5) is 23.5. The van der Waals surface area contributed by atoms with Crippen molar-refractivity contribution < 1.29 is 14.7 Å². The highest BCUT2D eigenvalue weighted by molar-refractivity contribution is 6.43. The fourth-order valence-corrected chi connectivity index (χ4v) is 2.93. The summed E-state index contributed by atoms with van der Waals surface area (Å²) in [7, 11) is 0. The van der Waals surface area contributed by atoms with Gasteiger partial charge in [0.2, 0.25) is 0 Å². The Bertz CT molecular complexity index is 539. The van der Waals surface area contributed by atoms with Crippen molar-refractivity contribution >= 4 is 35.1 Å². The average Bonchev–Trinajstić information content (AvgIpc) is 2.89. The number of amides is 1. The van der Waals surface area contributed by atoms with Crippen molar-refractivity contribution in [3.63, 3.8) is 0 Å². The lowest BCUT2D eigenvalue weighted by atomic mass is 9.86. The number of aliphatic carboxylic acids is 1. The maximum Gasteiger partial charge on any atom is 0.311 e. The molecular weight excluding hydrogens is 301 g/mol. The highest BCUT2D eigenvalue weighted by Crippen LogP contribution is 2.38. The van der Waals surface area contributed by atoms with E-state index in [-0.39, 0.29) is 17.1 Å². The number of carboxylic acids is 1. The first-order chi connectivity index (χ1) is 9.46. The molecular formula is C14H15Cl2NO3. The topological polar surface area (TPSA) is 66.4 Å². The Labute approximate surface area is 127 Å². The molecule has 2 rings (SSSR count). The molecule has 6 heteroatoms. The number of benzene rings is 1. The molecule has 0 bridgehead atoms. The maximum atomic E-state index is 12.1. The number of nitrogens with one attached hydrogen (secondary N) is 1. The normalized spacial score (nSPS) is 16.9. The third-order valence-corrected chi connectivity index (χ3v) is 4.62. The van der Waals surface area contributed by atoms with Gasteiger partial charge < -0.3 is 10.4 Å². The van der Waals surface area contributed by atoms with E-state index in [1.807, 2.05) is 0 Å². The van der Waals surface area contributed by atoms with E-state index in [1.165, 1.54) is 0 Å². The molecule has 20 heavy (non-hydrogen) atoms. The van der Waals surface area contributed by atoms with Crippen LogP contribution in [0.15, 0.2) is 18.2 Å². The highest BCUT2D eigenvalue weighted by atomic mass is 35.5. The van der Waals surface area contributed by atoms with Crippen molar-refractivity contribution in [3.8, 4) is 0 Å². The summed E-state index contributed by atoms with van der Waals surface area (Å²) in [6.07, 6.45) is 2.93. The van der Waals surface area contributed by atoms with Gasteiger partial charge in [0, 0.05) is 6.54 Å². The summed E-state index contributed by atoms with van der Waals surface area (Å²) >= 11 is 11.8. The van der Waals surface area contributed by atoms with Crippen LogP contribution in [0.5, 0.6) is 0 Å². The predicted molar refractivity (Wildman–Crippen MR) is 77.3 cm³/mol. The van der Waals surface area contributed by atoms with Crippen LogP contribution in [0.25, 0.3) is 0 Å². The van der Waals surface area contributed by atoms with Gasteiger partial charge in [0.25, 0.3) is 5.91 Å². The first-order valence-corrected chi connectivity index (χ1v) is 7.17. The van der Waals surface area contributed by atoms with Crippen molar-refractivity contribution in [2.75, 3.05) is 6.54 Å². The molecule has 0 radical (unpaired) electrons. The molecule has 1 amide bonds. The number of carbonyl (C=O) groups excluding carboxylic acids is 1. The zero-order chi connectivity index (χ0) is 14.8. The van der Waals surface area contributed by atoms with Gasteiger partial charge in [-0.25, -0.2) is 0 Å². The van der Waals surface area contributed by atoms with Gasteiger partial charge in [-0.2, -0.15) is 0 Å². The Morgan fingerprint density at radius 3 is 2.50 bits per heavy atom. The van der Waals surface area contributed by atoms with Gasteiger partial charge in [0.15, 0.2) is 0 Å². The van der Waals surface area contributed by atoms with Crippen molar-refractivity contribution in [2.45, 2.75) is 25.7 Å². The zero-order valence-electron chi connectivity index (χ0n) is 10.8. The lowest BCUT2D eigenvalue weighted by molar-refractivity contribution is -0.148. The number of hydrogen-bond donors (Lipinski definition) is 2. The summed E-state index contributed by atoms with van der Waals surface area (Å²) in [6, 6.07) is 4.79. The fraction of sp³-hybridized carbons (Fsp3) is 0.429. The van der Waals surface area contributed by atoms with E-state index in [4.69, 9.17) is 23.2 Å². The van der Waals surface area contributed by atoms with E-state index in [0.717, 1.165) is 12.8 Å². The van der Waals surface area contributed by atoms with E-state index >= 15 is 0 Å². The first-order valence-electron chi connectivity index (χ1n) is 6.42. The summed E-state index contributed by atoms with van der Waals surface area (Å²) in [5.41, 5.74) is -0.585. The number of halogens is 2. The molecule has 1 aliphatic rings. The largest absolute Gasteiger partial charge is 0.481 e. The molecule has 0 aromatic heterocycles. The number of rotatable bonds is 4. The van der Waals surface area contributed by atoms with E-state index in [0.29, 0.717) is 17.9 Å². The number of carboxylic acid groups (broad SMARTS) is 1. The second-order valence-corrected chi connectivity index (χ2v) is 5.86. The number of hydrogen-bond acceptors (Lipinski definition) is 2. The van der Waals surface area contributed by atoms with Crippen molar-refractivity contribution in [2.24, 2.45) is 5.41 Å². The van der Waals surface area contributed by atoms with Crippen LogP contribution in [0, 0.1) is 5.41 Å². The number of carbonyl (C=O) groups is 2. The molecule has 1 aromatic carbocycles. The summed E-state index contributed by atoms with van der Waals surface area (Å²) in [6.45, 7) is 0.115. The second kappa shape index (κ2) is 6.02. The van der Waals surface area contributed by atoms with Crippen LogP contribution in [-0.4, -0.2) is 23.5 Å². The van der Waals surface area contributed by atoms with E-state index in [9.17, 15) is 14.7 Å². The van der Waals surface area contributed by atoms with Gasteiger partial charge in [-0.05, 0) is 25.0 Å². The molecule has 1 aliphatic carbocycles. The monoisotopic (exact) mass is 315 g/mol. The molecule has 1 saturated carbocycles. The third-order valence-electron chi connectivity index (χ3n) is 3.80. The van der Waals surface area contributed by atoms with E-state index in [2.05, 4.69) is 5.32 Å². The van der Waals surface area contributed by atoms with Gasteiger partial charge >= 0.3 is 5.97 Å². The van der Waals surface area contributed by atoms with Crippen LogP contribution in [0.3, 0.4) is 0 Å². The smallest absolute Gasteiger partial charge is 0.311 e. The predicted octanol–water partition coefficient (Wildman–Crippen LogP) is 3.37. The molecule has 0 spiro atoms. The van der Waals surface area contributed by atoms with Crippen molar-refractivity contribution in [1.82, 2.24) is 5.32 Å². The Morgan fingerprint density at radius 1 is 1.25 bits per heavy atom. The van der Waals surface area contributed by atoms with Gasteiger partial charge in [-0.1, -0.05) is 42.1 Å². The zero-order valence-corrected chi connectivity index (χ0v) is 12.3. The highest BCUT2D eigenvalue weighted by Gasteiger charge is 2.41. The van der Waals surface area contributed by atoms with Crippen LogP contribution < -0.4 is 5.32 Å². The lowest BCUT2D eigenvalue weighted by Gasteiger charge is -2.24.